The van der Waals surface area contributed by atoms with Gasteiger partial charge in [-0.3, -0.25) is 24.0 Å². The minimum atomic E-state index is -1.20. The molecule has 0 fully saturated rings. The van der Waals surface area contributed by atoms with Crippen LogP contribution in [-0.2, 0) is 43.2 Å². The van der Waals surface area contributed by atoms with Crippen LogP contribution < -0.4 is 21.7 Å². The molecular formula is C38H47FN5O7. The molecule has 273 valence electrons. The number of hydrogen-bond acceptors (Lipinski definition) is 8. The predicted octanol–water partition coefficient (Wildman–Crippen LogP) is 1.77. The summed E-state index contributed by atoms with van der Waals surface area (Å²) in [7, 11) is 1.50. The van der Waals surface area contributed by atoms with Crippen molar-refractivity contribution >= 4 is 29.9 Å². The van der Waals surface area contributed by atoms with E-state index in [1.165, 1.54) is 36.2 Å². The van der Waals surface area contributed by atoms with Crippen LogP contribution in [0.1, 0.15) is 47.9 Å². The molecule has 0 saturated heterocycles. The van der Waals surface area contributed by atoms with E-state index in [9.17, 15) is 38.6 Å². The van der Waals surface area contributed by atoms with Gasteiger partial charge in [-0.15, -0.1) is 0 Å². The Balaban J connectivity index is 1.49. The van der Waals surface area contributed by atoms with Crippen LogP contribution >= 0.6 is 0 Å². The lowest BCUT2D eigenvalue weighted by atomic mass is 10.0. The molecule has 0 aliphatic heterocycles. The van der Waals surface area contributed by atoms with Gasteiger partial charge in [0.2, 0.25) is 29.9 Å². The molecule has 0 heterocycles. The predicted molar refractivity (Wildman–Crippen MR) is 189 cm³/mol. The van der Waals surface area contributed by atoms with Crippen molar-refractivity contribution in [2.75, 3.05) is 20.2 Å². The standard InChI is InChI=1S/C38H47FN5O7/c1-25-6-8-27(9-7-25)21-32(40)36(49)43-33(24-46)37(50)41-20-4-3-5-30(23-45)42-38(51)34(22-28-12-17-31(47)18-13-28)44(2)35(48)19-14-26-10-15-29(39)16-11-26/h6-13,15-18,30,32-34,46-47H,3-5,14,19-22,24,40H2,1-2H3,(H,41,50)(H,42,51)(H,43,49)/t30-,32+,33+,34+/m1/s1. The van der Waals surface area contributed by atoms with Gasteiger partial charge in [0.1, 0.15) is 23.7 Å². The molecule has 0 aliphatic rings. The Morgan fingerprint density at radius 1 is 0.843 bits per heavy atom. The molecule has 12 nitrogen and oxygen atoms in total. The van der Waals surface area contributed by atoms with E-state index in [4.69, 9.17) is 5.73 Å². The monoisotopic (exact) mass is 704 g/mol. The van der Waals surface area contributed by atoms with E-state index >= 15 is 0 Å². The fourth-order valence-corrected chi connectivity index (χ4v) is 5.29. The molecule has 0 aromatic heterocycles. The number of carbonyl (C=O) groups excluding carboxylic acids is 5. The van der Waals surface area contributed by atoms with Crippen molar-refractivity contribution in [3.63, 3.8) is 0 Å². The Labute approximate surface area is 297 Å². The number of phenolic OH excluding ortho intramolecular Hbond substituents is 1. The Hall–Kier alpha value is -5.14. The number of amides is 4. The number of hydrogen-bond donors (Lipinski definition) is 6. The van der Waals surface area contributed by atoms with Crippen LogP contribution in [0.3, 0.4) is 0 Å². The number of aryl methyl sites for hydroxylation is 2. The first kappa shape index (κ1) is 40.3. The normalized spacial score (nSPS) is 13.3. The quantitative estimate of drug-likeness (QED) is 0.0960. The molecule has 3 aromatic rings. The number of halogens is 1. The Bertz CT molecular complexity index is 1590. The molecule has 0 spiro atoms. The number of rotatable bonds is 20. The number of phenols is 1. The maximum atomic E-state index is 13.5. The van der Waals surface area contributed by atoms with Crippen molar-refractivity contribution in [2.45, 2.75) is 76.0 Å². The molecule has 13 heteroatoms. The number of likely N-dealkylation sites (N-methyl/N-ethyl adjacent to an activating group) is 1. The summed E-state index contributed by atoms with van der Waals surface area (Å²) in [5.41, 5.74) is 9.39. The number of unbranched alkanes of at least 4 members (excludes halogenated alkanes) is 1. The third kappa shape index (κ3) is 13.6. The van der Waals surface area contributed by atoms with Gasteiger partial charge in [-0.2, -0.15) is 0 Å². The third-order valence-electron chi connectivity index (χ3n) is 8.48. The van der Waals surface area contributed by atoms with E-state index in [0.717, 1.165) is 16.7 Å². The molecule has 7 N–H and O–H groups in total. The molecule has 3 rings (SSSR count). The van der Waals surface area contributed by atoms with Crippen LogP contribution in [-0.4, -0.2) is 89.4 Å². The summed E-state index contributed by atoms with van der Waals surface area (Å²) in [5.74, 6) is -2.40. The summed E-state index contributed by atoms with van der Waals surface area (Å²) >= 11 is 0. The van der Waals surface area contributed by atoms with Gasteiger partial charge >= 0.3 is 0 Å². The number of carbonyl (C=O) groups is 4. The van der Waals surface area contributed by atoms with E-state index in [1.807, 2.05) is 37.5 Å². The molecule has 0 aliphatic carbocycles. The molecule has 4 atom stereocenters. The zero-order chi connectivity index (χ0) is 37.3. The average molecular weight is 705 g/mol. The van der Waals surface area contributed by atoms with E-state index in [-0.39, 0.29) is 49.7 Å². The van der Waals surface area contributed by atoms with E-state index in [2.05, 4.69) is 16.0 Å². The third-order valence-corrected chi connectivity index (χ3v) is 8.48. The maximum absolute atomic E-state index is 13.5. The Morgan fingerprint density at radius 2 is 1.45 bits per heavy atom. The lowest BCUT2D eigenvalue weighted by Gasteiger charge is -2.28. The topological polar surface area (TPSA) is 191 Å². The number of aliphatic hydroxyl groups is 1. The molecule has 1 radical (unpaired) electrons. The van der Waals surface area contributed by atoms with E-state index in [0.29, 0.717) is 24.8 Å². The van der Waals surface area contributed by atoms with Crippen molar-refractivity contribution in [1.82, 2.24) is 20.9 Å². The van der Waals surface area contributed by atoms with Gasteiger partial charge in [0.05, 0.1) is 18.7 Å². The van der Waals surface area contributed by atoms with Crippen LogP contribution in [0.5, 0.6) is 5.75 Å². The van der Waals surface area contributed by atoms with Gasteiger partial charge in [0.15, 0.2) is 0 Å². The van der Waals surface area contributed by atoms with Crippen molar-refractivity contribution in [1.29, 1.82) is 0 Å². The fourth-order valence-electron chi connectivity index (χ4n) is 5.29. The summed E-state index contributed by atoms with van der Waals surface area (Å²) in [6, 6.07) is 15.5. The number of nitrogens with two attached hydrogens (primary N) is 1. The molecule has 3 aromatic carbocycles. The highest BCUT2D eigenvalue weighted by molar-refractivity contribution is 5.90. The van der Waals surface area contributed by atoms with Crippen LogP contribution in [0, 0.1) is 12.7 Å². The zero-order valence-corrected chi connectivity index (χ0v) is 28.9. The minimum Gasteiger partial charge on any atom is -0.508 e. The summed E-state index contributed by atoms with van der Waals surface area (Å²) in [4.78, 5) is 64.9. The van der Waals surface area contributed by atoms with Gasteiger partial charge in [-0.05, 0) is 80.0 Å². The highest BCUT2D eigenvalue weighted by Gasteiger charge is 2.29. The SMILES string of the molecule is Cc1ccc(C[C@H](N)C(=O)N[C@@H](CO)C(=O)NCCCC[C@H]([C]=O)NC(=O)[C@H](Cc2ccc(O)cc2)N(C)C(=O)CCc2ccc(F)cc2)cc1. The molecule has 0 saturated carbocycles. The number of aliphatic hydroxyl groups excluding tert-OH is 1. The molecule has 51 heavy (non-hydrogen) atoms. The van der Waals surface area contributed by atoms with Gasteiger partial charge < -0.3 is 36.8 Å². The highest BCUT2D eigenvalue weighted by atomic mass is 19.1. The van der Waals surface area contributed by atoms with Crippen molar-refractivity contribution in [3.05, 3.63) is 101 Å². The number of aromatic hydroxyl groups is 1. The minimum absolute atomic E-state index is 0.0463. The maximum Gasteiger partial charge on any atom is 0.244 e. The highest BCUT2D eigenvalue weighted by Crippen LogP contribution is 2.16. The van der Waals surface area contributed by atoms with E-state index < -0.39 is 48.5 Å². The number of benzene rings is 3. The average Bonchev–Trinajstić information content (AvgIpc) is 3.12. The Morgan fingerprint density at radius 3 is 2.08 bits per heavy atom. The summed E-state index contributed by atoms with van der Waals surface area (Å²) in [5, 5.41) is 27.2. The van der Waals surface area contributed by atoms with Crippen LogP contribution in [0.25, 0.3) is 0 Å². The lowest BCUT2D eigenvalue weighted by Crippen LogP contribution is -2.53. The van der Waals surface area contributed by atoms with Crippen molar-refractivity contribution in [3.8, 4) is 5.75 Å². The lowest BCUT2D eigenvalue weighted by molar-refractivity contribution is -0.139. The van der Waals surface area contributed by atoms with Crippen molar-refractivity contribution in [2.24, 2.45) is 5.73 Å². The second-order valence-corrected chi connectivity index (χ2v) is 12.5. The first-order valence-electron chi connectivity index (χ1n) is 16.9. The van der Waals surface area contributed by atoms with Crippen molar-refractivity contribution < 1.29 is 38.6 Å². The fraction of sp³-hybridized carbons (Fsp3) is 0.395. The first-order valence-corrected chi connectivity index (χ1v) is 16.9. The zero-order valence-electron chi connectivity index (χ0n) is 28.9. The van der Waals surface area contributed by atoms with Gasteiger partial charge in [0.25, 0.3) is 0 Å². The summed E-state index contributed by atoms with van der Waals surface area (Å²) in [6.45, 7) is 1.49. The Kier molecular flexibility index (Phi) is 16.2. The van der Waals surface area contributed by atoms with Crippen LogP contribution in [0.15, 0.2) is 72.8 Å². The van der Waals surface area contributed by atoms with Gasteiger partial charge in [-0.1, -0.05) is 54.1 Å². The van der Waals surface area contributed by atoms with Gasteiger partial charge in [0, 0.05) is 26.4 Å². The van der Waals surface area contributed by atoms with Crippen LogP contribution in [0.4, 0.5) is 4.39 Å². The molecular weight excluding hydrogens is 657 g/mol. The molecule has 4 amide bonds. The van der Waals surface area contributed by atoms with Crippen LogP contribution in [0.2, 0.25) is 0 Å². The smallest absolute Gasteiger partial charge is 0.244 e. The number of nitrogens with zero attached hydrogens (tertiary/aromatic N) is 1. The van der Waals surface area contributed by atoms with Gasteiger partial charge in [-0.25, -0.2) is 4.39 Å². The largest absolute Gasteiger partial charge is 0.508 e. The summed E-state index contributed by atoms with van der Waals surface area (Å²) in [6.07, 6.45) is 3.64. The molecule has 0 bridgehead atoms. The number of nitrogens with one attached hydrogen (secondary N) is 3. The molecule has 0 unspecified atom stereocenters. The van der Waals surface area contributed by atoms with E-state index in [1.54, 1.807) is 24.3 Å². The second-order valence-electron chi connectivity index (χ2n) is 12.5. The second kappa shape index (κ2) is 20.5. The summed E-state index contributed by atoms with van der Waals surface area (Å²) < 4.78 is 13.3. The first-order chi connectivity index (χ1) is 24.4.